The average molecular weight is 175 g/mol. The number of unbranched alkanes of at least 4 members (excludes halogenated alkanes) is 2. The lowest BCUT2D eigenvalue weighted by Gasteiger charge is -1.92. The number of thiazole rings is 1. The third kappa shape index (κ3) is 4.09. The number of halogens is 1. The molecule has 0 aliphatic rings. The van der Waals surface area contributed by atoms with Crippen molar-refractivity contribution in [1.29, 1.82) is 0 Å². The fourth-order valence-electron chi connectivity index (χ4n) is 0.917. The Morgan fingerprint density at radius 3 is 2.82 bits per heavy atom. The summed E-state index contributed by atoms with van der Waals surface area (Å²) in [6, 6.07) is 0. The molecule has 0 unspecified atom stereocenters. The Bertz CT molecular complexity index is 163. The van der Waals surface area contributed by atoms with Crippen molar-refractivity contribution in [2.75, 3.05) is 0 Å². The van der Waals surface area contributed by atoms with E-state index in [2.05, 4.69) is 17.3 Å². The Morgan fingerprint density at radius 2 is 2.27 bits per heavy atom. The second-order valence-electron chi connectivity index (χ2n) is 2.44. The molecule has 1 aromatic rings. The van der Waals surface area contributed by atoms with Crippen molar-refractivity contribution in [3.8, 4) is 0 Å². The molecule has 0 aliphatic heterocycles. The highest BCUT2D eigenvalue weighted by Crippen LogP contribution is 2.06. The van der Waals surface area contributed by atoms with Crippen LogP contribution < -0.4 is 0 Å². The molecule has 0 spiro atoms. The van der Waals surface area contributed by atoms with E-state index < -0.39 is 0 Å². The minimum absolute atomic E-state index is 0. The fourth-order valence-corrected chi connectivity index (χ4v) is 1.51. The Kier molecular flexibility index (Phi) is 6.03. The topological polar surface area (TPSA) is 12.9 Å². The number of hydrogen-bond donors (Lipinski definition) is 0. The number of nitrogens with zero attached hydrogens (tertiary/aromatic N) is 1. The highest BCUT2D eigenvalue weighted by molar-refractivity contribution is 7.07. The largest absolute Gasteiger partial charge is 0.269 e. The van der Waals surface area contributed by atoms with Gasteiger partial charge in [-0.3, -0.25) is 4.70 Å². The molecule has 64 valence electrons. The van der Waals surface area contributed by atoms with E-state index in [0.717, 1.165) is 6.42 Å². The first kappa shape index (κ1) is 10.6. The highest BCUT2D eigenvalue weighted by Gasteiger charge is 1.92. The minimum Gasteiger partial charge on any atom is -0.269 e. The Hall–Kier alpha value is -0.440. The zero-order chi connectivity index (χ0) is 7.23. The third-order valence-corrected chi connectivity index (χ3v) is 2.16. The fraction of sp³-hybridized carbons (Fsp3) is 0.625. The molecule has 0 fully saturated rings. The van der Waals surface area contributed by atoms with Crippen molar-refractivity contribution in [1.82, 2.24) is 4.98 Å². The summed E-state index contributed by atoms with van der Waals surface area (Å²) in [4.78, 5) is 4.21. The van der Waals surface area contributed by atoms with E-state index in [1.807, 2.05) is 5.51 Å². The van der Waals surface area contributed by atoms with Crippen LogP contribution in [0.25, 0.3) is 0 Å². The van der Waals surface area contributed by atoms with Gasteiger partial charge in [0.05, 0.1) is 11.2 Å². The average Bonchev–Trinajstić information content (AvgIpc) is 2.41. The van der Waals surface area contributed by atoms with Gasteiger partial charge in [0, 0.05) is 5.38 Å². The summed E-state index contributed by atoms with van der Waals surface area (Å²) in [5.74, 6) is 0. The molecular formula is C8H14FNS. The maximum atomic E-state index is 4.21. The van der Waals surface area contributed by atoms with Gasteiger partial charge in [0.2, 0.25) is 0 Å². The van der Waals surface area contributed by atoms with Crippen LogP contribution in [-0.2, 0) is 6.42 Å². The van der Waals surface area contributed by atoms with Gasteiger partial charge in [0.1, 0.15) is 0 Å². The first-order valence-electron chi connectivity index (χ1n) is 3.80. The summed E-state index contributed by atoms with van der Waals surface area (Å²) >= 11 is 1.69. The van der Waals surface area contributed by atoms with Crippen LogP contribution in [0.4, 0.5) is 4.70 Å². The normalized spacial score (nSPS) is 9.18. The van der Waals surface area contributed by atoms with Crippen LogP contribution in [0, 0.1) is 0 Å². The highest BCUT2D eigenvalue weighted by atomic mass is 32.1. The Morgan fingerprint density at radius 1 is 1.45 bits per heavy atom. The molecule has 1 heterocycles. The van der Waals surface area contributed by atoms with E-state index in [1.165, 1.54) is 25.0 Å². The van der Waals surface area contributed by atoms with Crippen molar-refractivity contribution in [3.63, 3.8) is 0 Å². The summed E-state index contributed by atoms with van der Waals surface area (Å²) in [5, 5.41) is 2.13. The number of aromatic nitrogens is 1. The zero-order valence-corrected chi connectivity index (χ0v) is 7.56. The number of aryl methyl sites for hydroxylation is 1. The first-order chi connectivity index (χ1) is 4.93. The molecule has 0 aliphatic carbocycles. The predicted molar refractivity (Wildman–Crippen MR) is 47.8 cm³/mol. The first-order valence-corrected chi connectivity index (χ1v) is 4.75. The zero-order valence-electron chi connectivity index (χ0n) is 6.75. The smallest absolute Gasteiger partial charge is 0.0794 e. The molecule has 3 heteroatoms. The standard InChI is InChI=1S/C8H13NS.FH/c1-2-3-4-5-8-6-10-7-9-8;/h6-7H,2-5H2,1H3;1H. The van der Waals surface area contributed by atoms with Crippen molar-refractivity contribution < 1.29 is 4.70 Å². The van der Waals surface area contributed by atoms with Crippen LogP contribution in [-0.4, -0.2) is 4.98 Å². The lowest BCUT2D eigenvalue weighted by Crippen LogP contribution is -1.83. The van der Waals surface area contributed by atoms with Gasteiger partial charge in [-0.2, -0.15) is 0 Å². The van der Waals surface area contributed by atoms with Gasteiger partial charge in [-0.15, -0.1) is 11.3 Å². The monoisotopic (exact) mass is 175 g/mol. The third-order valence-electron chi connectivity index (χ3n) is 1.52. The maximum absolute atomic E-state index is 4.21. The van der Waals surface area contributed by atoms with Gasteiger partial charge in [-0.25, -0.2) is 4.98 Å². The van der Waals surface area contributed by atoms with Gasteiger partial charge < -0.3 is 0 Å². The number of hydrogen-bond acceptors (Lipinski definition) is 2. The van der Waals surface area contributed by atoms with E-state index in [-0.39, 0.29) is 4.70 Å². The van der Waals surface area contributed by atoms with Crippen LogP contribution in [0.3, 0.4) is 0 Å². The summed E-state index contributed by atoms with van der Waals surface area (Å²) in [6.45, 7) is 2.22. The molecule has 11 heavy (non-hydrogen) atoms. The molecule has 1 rings (SSSR count). The van der Waals surface area contributed by atoms with E-state index >= 15 is 0 Å². The molecule has 0 saturated carbocycles. The summed E-state index contributed by atoms with van der Waals surface area (Å²) in [5.41, 5.74) is 3.17. The number of rotatable bonds is 4. The van der Waals surface area contributed by atoms with E-state index in [9.17, 15) is 0 Å². The summed E-state index contributed by atoms with van der Waals surface area (Å²) < 4.78 is 0. The van der Waals surface area contributed by atoms with Crippen LogP contribution >= 0.6 is 11.3 Å². The molecule has 0 atom stereocenters. The second-order valence-corrected chi connectivity index (χ2v) is 3.16. The van der Waals surface area contributed by atoms with Crippen molar-refractivity contribution in [2.45, 2.75) is 32.6 Å². The molecule has 0 amide bonds. The van der Waals surface area contributed by atoms with E-state index in [1.54, 1.807) is 11.3 Å². The van der Waals surface area contributed by atoms with Crippen molar-refractivity contribution in [2.24, 2.45) is 0 Å². The Balaban J connectivity index is 0.000001000. The summed E-state index contributed by atoms with van der Waals surface area (Å²) in [7, 11) is 0. The lowest BCUT2D eigenvalue weighted by atomic mass is 10.2. The molecule has 1 aromatic heterocycles. The van der Waals surface area contributed by atoms with Gasteiger partial charge in [-0.05, 0) is 12.8 Å². The van der Waals surface area contributed by atoms with Crippen LogP contribution in [0.1, 0.15) is 31.9 Å². The van der Waals surface area contributed by atoms with E-state index in [0.29, 0.717) is 0 Å². The minimum atomic E-state index is 0. The lowest BCUT2D eigenvalue weighted by molar-refractivity contribution is 0.710. The summed E-state index contributed by atoms with van der Waals surface area (Å²) in [6.07, 6.45) is 5.08. The molecule has 0 bridgehead atoms. The predicted octanol–water partition coefficient (Wildman–Crippen LogP) is 3.03. The molecule has 0 N–H and O–H groups in total. The van der Waals surface area contributed by atoms with Crippen LogP contribution in [0.5, 0.6) is 0 Å². The molecule has 0 saturated heterocycles. The van der Waals surface area contributed by atoms with Crippen molar-refractivity contribution >= 4 is 11.3 Å². The molecule has 0 radical (unpaired) electrons. The Labute approximate surface area is 70.8 Å². The SMILES string of the molecule is CCCCCc1cscn1.F. The molecule has 1 nitrogen and oxygen atoms in total. The quantitative estimate of drug-likeness (QED) is 0.641. The second kappa shape index (κ2) is 6.28. The van der Waals surface area contributed by atoms with Crippen LogP contribution in [0.2, 0.25) is 0 Å². The molecule has 0 aromatic carbocycles. The van der Waals surface area contributed by atoms with Gasteiger partial charge >= 0.3 is 0 Å². The van der Waals surface area contributed by atoms with Gasteiger partial charge in [0.25, 0.3) is 0 Å². The van der Waals surface area contributed by atoms with Gasteiger partial charge in [0.15, 0.2) is 0 Å². The van der Waals surface area contributed by atoms with Crippen molar-refractivity contribution in [3.05, 3.63) is 16.6 Å². The van der Waals surface area contributed by atoms with E-state index in [4.69, 9.17) is 0 Å². The van der Waals surface area contributed by atoms with Gasteiger partial charge in [-0.1, -0.05) is 19.8 Å². The maximum Gasteiger partial charge on any atom is 0.0794 e. The molecular weight excluding hydrogens is 161 g/mol. The van der Waals surface area contributed by atoms with Crippen LogP contribution in [0.15, 0.2) is 10.9 Å².